The third kappa shape index (κ3) is 3.73. The molecule has 0 bridgehead atoms. The van der Waals surface area contributed by atoms with Gasteiger partial charge in [-0.2, -0.15) is 13.2 Å². The summed E-state index contributed by atoms with van der Waals surface area (Å²) >= 11 is 0. The topological polar surface area (TPSA) is 68.9 Å². The molecule has 4 nitrogen and oxygen atoms in total. The Kier molecular flexibility index (Phi) is 5.48. The number of halogens is 4. The van der Waals surface area contributed by atoms with Gasteiger partial charge in [0.25, 0.3) is 0 Å². The van der Waals surface area contributed by atoms with Crippen LogP contribution in [0.15, 0.2) is 36.7 Å². The Labute approximate surface area is 131 Å². The molecule has 1 aromatic carbocycles. The number of rotatable bonds is 3. The summed E-state index contributed by atoms with van der Waals surface area (Å²) in [5, 5.41) is 0. The van der Waals surface area contributed by atoms with Crippen LogP contribution in [0.25, 0.3) is 0 Å². The lowest BCUT2D eigenvalue weighted by Gasteiger charge is -2.15. The molecular weight excluding hydrogens is 319 g/mol. The highest BCUT2D eigenvalue weighted by Gasteiger charge is 2.34. The molecule has 0 fully saturated rings. The van der Waals surface area contributed by atoms with E-state index in [1.165, 1.54) is 0 Å². The average Bonchev–Trinajstić information content (AvgIpc) is 2.45. The van der Waals surface area contributed by atoms with Crippen molar-refractivity contribution in [2.24, 2.45) is 5.73 Å². The number of primary amides is 1. The quantitative estimate of drug-likeness (QED) is 0.939. The Morgan fingerprint density at radius 3 is 2.23 bits per heavy atom. The van der Waals surface area contributed by atoms with Gasteiger partial charge in [-0.05, 0) is 17.2 Å². The van der Waals surface area contributed by atoms with E-state index in [0.717, 1.165) is 12.4 Å². The highest BCUT2D eigenvalue weighted by molar-refractivity contribution is 5.94. The zero-order valence-corrected chi connectivity index (χ0v) is 12.3. The average molecular weight is 332 g/mol. The second-order valence-electron chi connectivity index (χ2n) is 4.51. The zero-order chi connectivity index (χ0) is 15.6. The summed E-state index contributed by atoms with van der Waals surface area (Å²) in [5.41, 5.74) is 6.70. The maximum atomic E-state index is 12.4. The van der Waals surface area contributed by atoms with Crippen molar-refractivity contribution in [1.82, 2.24) is 9.97 Å². The van der Waals surface area contributed by atoms with Gasteiger partial charge >= 0.3 is 6.18 Å². The first-order chi connectivity index (χ1) is 9.80. The van der Waals surface area contributed by atoms with Crippen LogP contribution in [0.3, 0.4) is 0 Å². The molecule has 1 heterocycles. The number of benzene rings is 1. The van der Waals surface area contributed by atoms with Crippen LogP contribution in [-0.2, 0) is 6.18 Å². The summed E-state index contributed by atoms with van der Waals surface area (Å²) in [6.45, 7) is 1.74. The Bertz CT molecular complexity index is 659. The molecule has 0 saturated heterocycles. The van der Waals surface area contributed by atoms with Crippen LogP contribution >= 0.6 is 12.4 Å². The van der Waals surface area contributed by atoms with Crippen LogP contribution in [0, 0.1) is 0 Å². The first kappa shape index (κ1) is 17.9. The van der Waals surface area contributed by atoms with Gasteiger partial charge in [-0.3, -0.25) is 4.79 Å². The number of alkyl halides is 3. The molecule has 2 N–H and O–H groups in total. The van der Waals surface area contributed by atoms with E-state index in [0.29, 0.717) is 16.7 Å². The van der Waals surface area contributed by atoms with Crippen molar-refractivity contribution in [2.75, 3.05) is 0 Å². The van der Waals surface area contributed by atoms with Gasteiger partial charge in [0.2, 0.25) is 11.7 Å². The fourth-order valence-corrected chi connectivity index (χ4v) is 1.99. The highest BCUT2D eigenvalue weighted by Crippen LogP contribution is 2.29. The molecule has 0 spiro atoms. The largest absolute Gasteiger partial charge is 0.451 e. The van der Waals surface area contributed by atoms with E-state index in [2.05, 4.69) is 9.97 Å². The van der Waals surface area contributed by atoms with Gasteiger partial charge in [0.1, 0.15) is 0 Å². The monoisotopic (exact) mass is 331 g/mol. The van der Waals surface area contributed by atoms with Crippen LogP contribution in [0.1, 0.15) is 40.2 Å². The van der Waals surface area contributed by atoms with E-state index >= 15 is 0 Å². The maximum absolute atomic E-state index is 12.4. The summed E-state index contributed by atoms with van der Waals surface area (Å²) in [4.78, 5) is 18.0. The minimum absolute atomic E-state index is 0. The molecule has 2 rings (SSSR count). The number of carbonyl (C=O) groups is 1. The SMILES string of the molecule is C[C@@H](c1cnc(C(F)(F)F)nc1)c1ccccc1C(N)=O.Cl. The van der Waals surface area contributed by atoms with E-state index < -0.39 is 17.9 Å². The summed E-state index contributed by atoms with van der Waals surface area (Å²) < 4.78 is 37.3. The smallest absolute Gasteiger partial charge is 0.366 e. The molecule has 0 saturated carbocycles. The normalized spacial score (nSPS) is 12.4. The summed E-state index contributed by atoms with van der Waals surface area (Å²) in [6, 6.07) is 6.66. The Morgan fingerprint density at radius 1 is 1.18 bits per heavy atom. The van der Waals surface area contributed by atoms with Crippen molar-refractivity contribution in [3.8, 4) is 0 Å². The van der Waals surface area contributed by atoms with Gasteiger partial charge < -0.3 is 5.73 Å². The van der Waals surface area contributed by atoms with Gasteiger partial charge in [-0.25, -0.2) is 9.97 Å². The molecule has 0 aliphatic carbocycles. The fraction of sp³-hybridized carbons (Fsp3) is 0.214. The first-order valence-corrected chi connectivity index (χ1v) is 6.08. The fourth-order valence-electron chi connectivity index (χ4n) is 1.99. The number of amides is 1. The van der Waals surface area contributed by atoms with Gasteiger partial charge in [0, 0.05) is 23.9 Å². The standard InChI is InChI=1S/C14H12F3N3O.ClH/c1-8(10-4-2-3-5-11(10)12(18)21)9-6-19-13(20-7-9)14(15,16)17;/h2-8H,1H3,(H2,18,21);1H/t8-;/m0./s1. The first-order valence-electron chi connectivity index (χ1n) is 6.08. The number of nitrogens with two attached hydrogens (primary N) is 1. The molecule has 1 aromatic heterocycles. The molecule has 0 unspecified atom stereocenters. The van der Waals surface area contributed by atoms with Crippen molar-refractivity contribution in [1.29, 1.82) is 0 Å². The van der Waals surface area contributed by atoms with Gasteiger partial charge in [0.15, 0.2) is 0 Å². The summed E-state index contributed by atoms with van der Waals surface area (Å²) in [5.74, 6) is -2.14. The third-order valence-electron chi connectivity index (χ3n) is 3.12. The molecule has 118 valence electrons. The Hall–Kier alpha value is -2.15. The van der Waals surface area contributed by atoms with Gasteiger partial charge in [-0.1, -0.05) is 25.1 Å². The number of carbonyl (C=O) groups excluding carboxylic acids is 1. The van der Waals surface area contributed by atoms with Crippen molar-refractivity contribution < 1.29 is 18.0 Å². The van der Waals surface area contributed by atoms with E-state index in [1.54, 1.807) is 31.2 Å². The van der Waals surface area contributed by atoms with Crippen molar-refractivity contribution in [2.45, 2.75) is 19.0 Å². The predicted octanol–water partition coefficient (Wildman–Crippen LogP) is 3.17. The van der Waals surface area contributed by atoms with Crippen LogP contribution in [0.2, 0.25) is 0 Å². The van der Waals surface area contributed by atoms with Crippen LogP contribution in [-0.4, -0.2) is 15.9 Å². The van der Waals surface area contributed by atoms with Crippen molar-refractivity contribution in [3.63, 3.8) is 0 Å². The Morgan fingerprint density at radius 2 is 1.73 bits per heavy atom. The molecule has 0 aliphatic rings. The molecule has 22 heavy (non-hydrogen) atoms. The van der Waals surface area contributed by atoms with E-state index in [9.17, 15) is 18.0 Å². The molecule has 8 heteroatoms. The van der Waals surface area contributed by atoms with Crippen LogP contribution < -0.4 is 5.73 Å². The second-order valence-corrected chi connectivity index (χ2v) is 4.51. The van der Waals surface area contributed by atoms with Gasteiger partial charge in [0.05, 0.1) is 0 Å². The van der Waals surface area contributed by atoms with Gasteiger partial charge in [-0.15, -0.1) is 12.4 Å². The minimum Gasteiger partial charge on any atom is -0.366 e. The third-order valence-corrected chi connectivity index (χ3v) is 3.12. The zero-order valence-electron chi connectivity index (χ0n) is 11.5. The Balaban J connectivity index is 0.00000242. The minimum atomic E-state index is -4.58. The summed E-state index contributed by atoms with van der Waals surface area (Å²) in [6.07, 6.45) is -2.36. The predicted molar refractivity (Wildman–Crippen MR) is 76.8 cm³/mol. The van der Waals surface area contributed by atoms with Crippen molar-refractivity contribution >= 4 is 18.3 Å². The molecule has 0 aliphatic heterocycles. The molecule has 2 aromatic rings. The van der Waals surface area contributed by atoms with E-state index in [1.807, 2.05) is 0 Å². The second kappa shape index (κ2) is 6.74. The van der Waals surface area contributed by atoms with E-state index in [-0.39, 0.29) is 18.3 Å². The molecule has 1 amide bonds. The molecular formula is C14H13ClF3N3O. The lowest BCUT2D eigenvalue weighted by Crippen LogP contribution is -2.16. The number of hydrogen-bond acceptors (Lipinski definition) is 3. The maximum Gasteiger partial charge on any atom is 0.451 e. The van der Waals surface area contributed by atoms with E-state index in [4.69, 9.17) is 5.73 Å². The lowest BCUT2D eigenvalue weighted by molar-refractivity contribution is -0.145. The van der Waals surface area contributed by atoms with Crippen LogP contribution in [0.5, 0.6) is 0 Å². The number of nitrogens with zero attached hydrogens (tertiary/aromatic N) is 2. The number of hydrogen-bond donors (Lipinski definition) is 1. The van der Waals surface area contributed by atoms with Crippen LogP contribution in [0.4, 0.5) is 13.2 Å². The molecule has 1 atom stereocenters. The van der Waals surface area contributed by atoms with Crippen molar-refractivity contribution in [3.05, 3.63) is 59.2 Å². The summed E-state index contributed by atoms with van der Waals surface area (Å²) in [7, 11) is 0. The highest BCUT2D eigenvalue weighted by atomic mass is 35.5. The lowest BCUT2D eigenvalue weighted by atomic mass is 9.91. The number of aromatic nitrogens is 2. The molecule has 0 radical (unpaired) electrons.